The number of fused-ring (bicyclic) bond motifs is 2. The van der Waals surface area contributed by atoms with Crippen LogP contribution in [0, 0.1) is 6.92 Å². The summed E-state index contributed by atoms with van der Waals surface area (Å²) in [4.78, 5) is 35.4. The van der Waals surface area contributed by atoms with E-state index in [1.165, 1.54) is 11.3 Å². The maximum Gasteiger partial charge on any atom is 0.271 e. The number of carbonyl (C=O) groups is 1. The smallest absolute Gasteiger partial charge is 0.271 e. The number of thiazole rings is 1. The lowest BCUT2D eigenvalue weighted by molar-refractivity contribution is -0.127. The van der Waals surface area contributed by atoms with Gasteiger partial charge in [-0.05, 0) is 73.9 Å². The van der Waals surface area contributed by atoms with Crippen molar-refractivity contribution in [1.29, 1.82) is 0 Å². The van der Waals surface area contributed by atoms with E-state index in [0.29, 0.717) is 39.4 Å². The van der Waals surface area contributed by atoms with E-state index in [1.807, 2.05) is 88.4 Å². The van der Waals surface area contributed by atoms with E-state index >= 15 is 0 Å². The number of rotatable bonds is 7. The lowest BCUT2D eigenvalue weighted by Gasteiger charge is -2.30. The third-order valence-corrected chi connectivity index (χ3v) is 8.47. The van der Waals surface area contributed by atoms with Crippen molar-refractivity contribution < 1.29 is 14.3 Å². The highest BCUT2D eigenvalue weighted by Gasteiger charge is 2.36. The van der Waals surface area contributed by atoms with Crippen molar-refractivity contribution in [3.05, 3.63) is 102 Å². The van der Waals surface area contributed by atoms with Gasteiger partial charge in [-0.2, -0.15) is 0 Å². The van der Waals surface area contributed by atoms with Gasteiger partial charge in [-0.15, -0.1) is 0 Å². The lowest BCUT2D eigenvalue weighted by Crippen LogP contribution is -2.43. The molecule has 4 aromatic rings. The molecule has 0 unspecified atom stereocenters. The molecule has 1 amide bonds. The Morgan fingerprint density at radius 1 is 1.05 bits per heavy atom. The molecule has 8 heteroatoms. The van der Waals surface area contributed by atoms with Crippen LogP contribution in [0.15, 0.2) is 75.7 Å². The number of benzene rings is 3. The van der Waals surface area contributed by atoms with E-state index in [1.54, 1.807) is 23.7 Å². The molecule has 2 heterocycles. The minimum absolute atomic E-state index is 0.133. The Labute approximate surface area is 237 Å². The van der Waals surface area contributed by atoms with Gasteiger partial charge in [0.2, 0.25) is 0 Å². The average Bonchev–Trinajstić information content (AvgIpc) is 3.27. The number of allylic oxidation sites excluding steroid dienone is 1. The number of carbonyl (C=O) groups excluding carboxylic acids is 1. The fraction of sp³-hybridized carbons (Fsp3) is 0.281. The quantitative estimate of drug-likeness (QED) is 0.335. The Morgan fingerprint density at radius 2 is 1.80 bits per heavy atom. The highest BCUT2D eigenvalue weighted by molar-refractivity contribution is 7.07. The molecule has 0 fully saturated rings. The maximum absolute atomic E-state index is 14.2. The first-order valence-corrected chi connectivity index (χ1v) is 14.2. The van der Waals surface area contributed by atoms with Gasteiger partial charge in [-0.3, -0.25) is 14.2 Å². The van der Waals surface area contributed by atoms with Gasteiger partial charge >= 0.3 is 0 Å². The van der Waals surface area contributed by atoms with Crippen LogP contribution in [0.25, 0.3) is 16.8 Å². The summed E-state index contributed by atoms with van der Waals surface area (Å²) >= 11 is 1.33. The normalized spacial score (nSPS) is 15.2. The molecule has 7 nitrogen and oxygen atoms in total. The van der Waals surface area contributed by atoms with Crippen molar-refractivity contribution in [3.63, 3.8) is 0 Å². The number of hydrogen-bond acceptors (Lipinski definition) is 6. The molecule has 0 spiro atoms. The van der Waals surface area contributed by atoms with Gasteiger partial charge in [0.25, 0.3) is 11.5 Å². The summed E-state index contributed by atoms with van der Waals surface area (Å²) in [6, 6.07) is 16.9. The van der Waals surface area contributed by atoms with Crippen molar-refractivity contribution in [2.24, 2.45) is 4.99 Å². The van der Waals surface area contributed by atoms with Gasteiger partial charge in [-0.1, -0.05) is 47.7 Å². The van der Waals surface area contributed by atoms with E-state index in [0.717, 1.165) is 33.2 Å². The van der Waals surface area contributed by atoms with Gasteiger partial charge in [-0.25, -0.2) is 4.99 Å². The standard InChI is InChI=1S/C32H33N3O4S/c1-7-34(8-2)31(37)27-20(4)33-32-35(29(27)28-24-12-10-9-11-21(24)14-16-25(28)39-6)30(36)26(40-32)18-22-13-15-23(38-5)17-19(22)3/h9-18,29H,7-8H2,1-6H3/b26-18+/t29-/m0/s1. The number of likely N-dealkylation sites (N-methyl/N-ethyl adjacent to an activating group) is 1. The van der Waals surface area contributed by atoms with E-state index in [4.69, 9.17) is 14.5 Å². The van der Waals surface area contributed by atoms with Crippen LogP contribution in [0.1, 0.15) is 43.5 Å². The molecule has 0 radical (unpaired) electrons. The van der Waals surface area contributed by atoms with Gasteiger partial charge in [0.05, 0.1) is 30.0 Å². The van der Waals surface area contributed by atoms with Gasteiger partial charge in [0.15, 0.2) is 4.80 Å². The largest absolute Gasteiger partial charge is 0.497 e. The predicted molar refractivity (Wildman–Crippen MR) is 160 cm³/mol. The molecule has 1 atom stereocenters. The molecule has 1 aliphatic rings. The van der Waals surface area contributed by atoms with Crippen LogP contribution in [0.2, 0.25) is 0 Å². The molecule has 40 heavy (non-hydrogen) atoms. The zero-order valence-electron chi connectivity index (χ0n) is 23.6. The lowest BCUT2D eigenvalue weighted by atomic mass is 9.90. The van der Waals surface area contributed by atoms with E-state index < -0.39 is 6.04 Å². The average molecular weight is 556 g/mol. The number of methoxy groups -OCH3 is 2. The van der Waals surface area contributed by atoms with Crippen molar-refractivity contribution in [2.45, 2.75) is 33.7 Å². The zero-order chi connectivity index (χ0) is 28.6. The Hall–Kier alpha value is -4.17. The number of hydrogen-bond donors (Lipinski definition) is 0. The van der Waals surface area contributed by atoms with E-state index in [2.05, 4.69) is 0 Å². The number of ether oxygens (including phenoxy) is 2. The molecule has 1 aromatic heterocycles. The van der Waals surface area contributed by atoms with Crippen LogP contribution in [-0.2, 0) is 4.79 Å². The summed E-state index contributed by atoms with van der Waals surface area (Å²) < 4.78 is 13.4. The number of aryl methyl sites for hydroxylation is 1. The van der Waals surface area contributed by atoms with Crippen LogP contribution in [0.5, 0.6) is 11.5 Å². The summed E-state index contributed by atoms with van der Waals surface area (Å²) in [5.41, 5.74) is 3.57. The number of aromatic nitrogens is 1. The second-order valence-electron chi connectivity index (χ2n) is 9.68. The van der Waals surface area contributed by atoms with Crippen LogP contribution in [0.4, 0.5) is 0 Å². The molecule has 5 rings (SSSR count). The summed E-state index contributed by atoms with van der Waals surface area (Å²) in [6.07, 6.45) is 1.89. The highest BCUT2D eigenvalue weighted by Crippen LogP contribution is 2.40. The molecule has 0 aliphatic carbocycles. The Balaban J connectivity index is 1.84. The van der Waals surface area contributed by atoms with E-state index in [9.17, 15) is 9.59 Å². The summed E-state index contributed by atoms with van der Waals surface area (Å²) in [7, 11) is 3.25. The van der Waals surface area contributed by atoms with Crippen LogP contribution in [-0.4, -0.2) is 42.7 Å². The topological polar surface area (TPSA) is 73.1 Å². The molecule has 0 saturated heterocycles. The fourth-order valence-corrected chi connectivity index (χ4v) is 6.40. The summed E-state index contributed by atoms with van der Waals surface area (Å²) in [5.74, 6) is 1.24. The predicted octanol–water partition coefficient (Wildman–Crippen LogP) is 4.58. The molecule has 1 aliphatic heterocycles. The molecule has 0 N–H and O–H groups in total. The minimum Gasteiger partial charge on any atom is -0.497 e. The SMILES string of the molecule is CCN(CC)C(=O)C1=C(C)N=c2s/c(=C/c3ccc(OC)cc3C)c(=O)n2[C@@H]1c1c(OC)ccc2ccccc12. The van der Waals surface area contributed by atoms with Crippen LogP contribution < -0.4 is 24.4 Å². The second kappa shape index (κ2) is 11.1. The monoisotopic (exact) mass is 555 g/mol. The Kier molecular flexibility index (Phi) is 7.63. The maximum atomic E-state index is 14.2. The minimum atomic E-state index is -0.704. The van der Waals surface area contributed by atoms with Crippen molar-refractivity contribution in [2.75, 3.05) is 27.3 Å². The third-order valence-electron chi connectivity index (χ3n) is 7.49. The fourth-order valence-electron chi connectivity index (χ4n) is 5.36. The highest BCUT2D eigenvalue weighted by atomic mass is 32.1. The van der Waals surface area contributed by atoms with Gasteiger partial charge in [0, 0.05) is 18.7 Å². The first kappa shape index (κ1) is 27.4. The van der Waals surface area contributed by atoms with E-state index in [-0.39, 0.29) is 11.5 Å². The Bertz CT molecular complexity index is 1830. The first-order chi connectivity index (χ1) is 19.3. The van der Waals surface area contributed by atoms with Crippen molar-refractivity contribution in [1.82, 2.24) is 9.47 Å². The summed E-state index contributed by atoms with van der Waals surface area (Å²) in [5, 5.41) is 1.92. The van der Waals surface area contributed by atoms with Crippen molar-refractivity contribution >= 4 is 34.1 Å². The number of amides is 1. The third kappa shape index (κ3) is 4.62. The zero-order valence-corrected chi connectivity index (χ0v) is 24.5. The Morgan fingerprint density at radius 3 is 2.48 bits per heavy atom. The van der Waals surface area contributed by atoms with Crippen LogP contribution in [0.3, 0.4) is 0 Å². The molecule has 0 bridgehead atoms. The van der Waals surface area contributed by atoms with Crippen LogP contribution >= 0.6 is 11.3 Å². The molecular formula is C32H33N3O4S. The number of nitrogens with zero attached hydrogens (tertiary/aromatic N) is 3. The van der Waals surface area contributed by atoms with Crippen molar-refractivity contribution in [3.8, 4) is 11.5 Å². The molecule has 3 aromatic carbocycles. The van der Waals surface area contributed by atoms with Gasteiger partial charge in [0.1, 0.15) is 17.5 Å². The summed E-state index contributed by atoms with van der Waals surface area (Å²) in [6.45, 7) is 8.85. The van der Waals surface area contributed by atoms with Gasteiger partial charge < -0.3 is 14.4 Å². The molecular weight excluding hydrogens is 522 g/mol. The first-order valence-electron chi connectivity index (χ1n) is 13.3. The second-order valence-corrected chi connectivity index (χ2v) is 10.7. The molecule has 0 saturated carbocycles. The molecule has 206 valence electrons.